The van der Waals surface area contributed by atoms with E-state index in [0.717, 1.165) is 24.8 Å². The fourth-order valence-corrected chi connectivity index (χ4v) is 4.61. The third kappa shape index (κ3) is 3.38. The zero-order valence-corrected chi connectivity index (χ0v) is 15.9. The smallest absolute Gasteiger partial charge is 0.164 e. The molecule has 4 atom stereocenters. The molecule has 0 spiro atoms. The molecule has 1 aliphatic heterocycles. The second-order valence-corrected chi connectivity index (χ2v) is 8.21. The van der Waals surface area contributed by atoms with Crippen molar-refractivity contribution in [3.63, 3.8) is 0 Å². The average Bonchev–Trinajstić information content (AvgIpc) is 2.93. The van der Waals surface area contributed by atoms with Crippen LogP contribution in [0.3, 0.4) is 0 Å². The molecule has 0 N–H and O–H groups in total. The summed E-state index contributed by atoms with van der Waals surface area (Å²) < 4.78 is 18.7. The molecule has 2 fully saturated rings. The minimum absolute atomic E-state index is 0.0250. The topological polar surface area (TPSA) is 44.8 Å². The highest BCUT2D eigenvalue weighted by molar-refractivity contribution is 5.83. The van der Waals surface area contributed by atoms with Crippen LogP contribution in [0.25, 0.3) is 0 Å². The maximum atomic E-state index is 12.9. The van der Waals surface area contributed by atoms with Crippen LogP contribution in [0.2, 0.25) is 0 Å². The standard InChI is InChI=1S/C22H28O4/c1-14-16-10-7-11-18(23)20(24-13-15-8-5-4-6-9-15)17(12-16)21-19(14)25-22(2,3)26-21/h4-6,8-9,17,19-21H,7,10-13H2,1-3H3/t17-,19-,20+,21+/m1/s1. The Labute approximate surface area is 155 Å². The van der Waals surface area contributed by atoms with Crippen molar-refractivity contribution in [3.05, 3.63) is 47.0 Å². The monoisotopic (exact) mass is 356 g/mol. The largest absolute Gasteiger partial charge is 0.365 e. The molecule has 2 aliphatic carbocycles. The minimum atomic E-state index is -0.620. The molecule has 0 aromatic heterocycles. The van der Waals surface area contributed by atoms with Gasteiger partial charge in [0.05, 0.1) is 12.7 Å². The molecular formula is C22H28O4. The number of fused-ring (bicyclic) bond motifs is 4. The molecule has 1 saturated carbocycles. The van der Waals surface area contributed by atoms with E-state index in [1.54, 1.807) is 0 Å². The maximum Gasteiger partial charge on any atom is 0.164 e. The van der Waals surface area contributed by atoms with Gasteiger partial charge in [-0.1, -0.05) is 35.9 Å². The Morgan fingerprint density at radius 2 is 1.92 bits per heavy atom. The Bertz CT molecular complexity index is 706. The Kier molecular flexibility index (Phi) is 4.76. The van der Waals surface area contributed by atoms with Crippen LogP contribution >= 0.6 is 0 Å². The molecule has 4 nitrogen and oxygen atoms in total. The lowest BCUT2D eigenvalue weighted by molar-refractivity contribution is -0.160. The number of rotatable bonds is 3. The van der Waals surface area contributed by atoms with Crippen molar-refractivity contribution in [2.75, 3.05) is 0 Å². The first-order chi connectivity index (χ1) is 12.4. The van der Waals surface area contributed by atoms with Crippen LogP contribution in [0.5, 0.6) is 0 Å². The van der Waals surface area contributed by atoms with Gasteiger partial charge >= 0.3 is 0 Å². The number of ketones is 1. The van der Waals surface area contributed by atoms with Crippen molar-refractivity contribution in [1.82, 2.24) is 0 Å². The number of benzene rings is 1. The van der Waals surface area contributed by atoms with E-state index in [-0.39, 0.29) is 23.9 Å². The molecule has 3 aliphatic rings. The summed E-state index contributed by atoms with van der Waals surface area (Å²) in [6.07, 6.45) is 2.72. The zero-order chi connectivity index (χ0) is 18.3. The van der Waals surface area contributed by atoms with Crippen LogP contribution in [-0.4, -0.2) is 29.9 Å². The molecule has 1 heterocycles. The summed E-state index contributed by atoms with van der Waals surface area (Å²) in [5.41, 5.74) is 3.82. The molecule has 4 rings (SSSR count). The predicted octanol–water partition coefficient (Wildman–Crippen LogP) is 4.18. The number of ether oxygens (including phenoxy) is 3. The highest BCUT2D eigenvalue weighted by atomic mass is 16.8. The Morgan fingerprint density at radius 3 is 2.69 bits per heavy atom. The third-order valence-electron chi connectivity index (χ3n) is 5.90. The summed E-state index contributed by atoms with van der Waals surface area (Å²) in [7, 11) is 0. The normalized spacial score (nSPS) is 33.6. The van der Waals surface area contributed by atoms with Gasteiger partial charge in [-0.05, 0) is 51.2 Å². The summed E-state index contributed by atoms with van der Waals surface area (Å²) in [6.45, 7) is 6.53. The Balaban J connectivity index is 1.61. The van der Waals surface area contributed by atoms with E-state index in [2.05, 4.69) is 6.92 Å². The van der Waals surface area contributed by atoms with E-state index < -0.39 is 11.9 Å². The minimum Gasteiger partial charge on any atom is -0.365 e. The number of carbonyl (C=O) groups is 1. The molecule has 2 bridgehead atoms. The molecule has 0 unspecified atom stereocenters. The van der Waals surface area contributed by atoms with E-state index in [9.17, 15) is 4.79 Å². The van der Waals surface area contributed by atoms with Crippen molar-refractivity contribution >= 4 is 5.78 Å². The lowest BCUT2D eigenvalue weighted by atomic mass is 9.73. The van der Waals surface area contributed by atoms with Crippen LogP contribution in [0, 0.1) is 5.92 Å². The quantitative estimate of drug-likeness (QED) is 0.762. The van der Waals surface area contributed by atoms with Gasteiger partial charge in [0, 0.05) is 12.3 Å². The first kappa shape index (κ1) is 17.9. The third-order valence-corrected chi connectivity index (χ3v) is 5.90. The van der Waals surface area contributed by atoms with Crippen LogP contribution in [0.15, 0.2) is 41.5 Å². The summed E-state index contributed by atoms with van der Waals surface area (Å²) in [6, 6.07) is 10.0. The van der Waals surface area contributed by atoms with Crippen LogP contribution < -0.4 is 0 Å². The van der Waals surface area contributed by atoms with Gasteiger partial charge in [-0.15, -0.1) is 0 Å². The molecule has 1 aromatic rings. The van der Waals surface area contributed by atoms with Gasteiger partial charge in [0.1, 0.15) is 12.2 Å². The van der Waals surface area contributed by atoms with Gasteiger partial charge in [0.2, 0.25) is 0 Å². The first-order valence-electron chi connectivity index (χ1n) is 9.67. The summed E-state index contributed by atoms with van der Waals surface area (Å²) in [4.78, 5) is 12.9. The molecular weight excluding hydrogens is 328 g/mol. The Morgan fingerprint density at radius 1 is 1.15 bits per heavy atom. The van der Waals surface area contributed by atoms with E-state index in [1.165, 1.54) is 11.1 Å². The second kappa shape index (κ2) is 6.91. The maximum absolute atomic E-state index is 12.9. The first-order valence-corrected chi connectivity index (χ1v) is 9.67. The number of hydrogen-bond donors (Lipinski definition) is 0. The molecule has 26 heavy (non-hydrogen) atoms. The molecule has 1 saturated heterocycles. The highest BCUT2D eigenvalue weighted by Crippen LogP contribution is 2.46. The van der Waals surface area contributed by atoms with E-state index in [4.69, 9.17) is 14.2 Å². The van der Waals surface area contributed by atoms with Crippen molar-refractivity contribution in [2.24, 2.45) is 5.92 Å². The number of Topliss-reactive ketones (excluding diaryl/α,β-unsaturated/α-hetero) is 1. The molecule has 140 valence electrons. The van der Waals surface area contributed by atoms with Gasteiger partial charge in [0.25, 0.3) is 0 Å². The Hall–Kier alpha value is -1.49. The van der Waals surface area contributed by atoms with Crippen molar-refractivity contribution < 1.29 is 19.0 Å². The SMILES string of the molecule is CC1=C2CCCC(=O)[C@@H](OCc3ccccc3)[C@@H](C2)[C@@H]2OC(C)(C)O[C@H]12. The van der Waals surface area contributed by atoms with Gasteiger partial charge in [-0.3, -0.25) is 4.79 Å². The summed E-state index contributed by atoms with van der Waals surface area (Å²) in [5.74, 6) is -0.390. The fourth-order valence-electron chi connectivity index (χ4n) is 4.61. The van der Waals surface area contributed by atoms with Crippen molar-refractivity contribution in [1.29, 1.82) is 0 Å². The van der Waals surface area contributed by atoms with E-state index in [1.807, 2.05) is 44.2 Å². The lowest BCUT2D eigenvalue weighted by Crippen LogP contribution is -2.47. The molecule has 1 aromatic carbocycles. The van der Waals surface area contributed by atoms with Crippen LogP contribution in [0.4, 0.5) is 0 Å². The second-order valence-electron chi connectivity index (χ2n) is 8.21. The van der Waals surface area contributed by atoms with Crippen molar-refractivity contribution in [2.45, 2.75) is 77.2 Å². The predicted molar refractivity (Wildman–Crippen MR) is 98.5 cm³/mol. The summed E-state index contributed by atoms with van der Waals surface area (Å²) >= 11 is 0. The molecule has 0 amide bonds. The van der Waals surface area contributed by atoms with Gasteiger partial charge in [0.15, 0.2) is 11.6 Å². The number of hydrogen-bond acceptors (Lipinski definition) is 4. The van der Waals surface area contributed by atoms with Gasteiger partial charge in [-0.2, -0.15) is 0 Å². The van der Waals surface area contributed by atoms with Crippen LogP contribution in [-0.2, 0) is 25.6 Å². The van der Waals surface area contributed by atoms with E-state index >= 15 is 0 Å². The lowest BCUT2D eigenvalue weighted by Gasteiger charge is -2.39. The number of carbonyl (C=O) groups excluding carboxylic acids is 1. The number of allylic oxidation sites excluding steroid dienone is 1. The molecule has 0 radical (unpaired) electrons. The zero-order valence-electron chi connectivity index (χ0n) is 15.9. The highest BCUT2D eigenvalue weighted by Gasteiger charge is 2.52. The molecule has 4 heteroatoms. The van der Waals surface area contributed by atoms with E-state index in [0.29, 0.717) is 13.0 Å². The van der Waals surface area contributed by atoms with Gasteiger partial charge < -0.3 is 14.2 Å². The summed E-state index contributed by atoms with van der Waals surface area (Å²) in [5, 5.41) is 0. The average molecular weight is 356 g/mol. The van der Waals surface area contributed by atoms with Crippen LogP contribution in [0.1, 0.15) is 52.0 Å². The van der Waals surface area contributed by atoms with Gasteiger partial charge in [-0.25, -0.2) is 0 Å². The van der Waals surface area contributed by atoms with Crippen molar-refractivity contribution in [3.8, 4) is 0 Å². The fraction of sp³-hybridized carbons (Fsp3) is 0.591.